The number of nitrogens with zero attached hydrogens (tertiary/aromatic N) is 1. The molecule has 3 N–H and O–H groups in total. The fraction of sp³-hybridized carbons (Fsp3) is 0.300. The van der Waals surface area contributed by atoms with Gasteiger partial charge in [0.15, 0.2) is 5.96 Å². The predicted molar refractivity (Wildman–Crippen MR) is 54.7 cm³/mol. The quantitative estimate of drug-likeness (QED) is 0.555. The van der Waals surface area contributed by atoms with E-state index >= 15 is 0 Å². The van der Waals surface area contributed by atoms with Crippen molar-refractivity contribution in [2.45, 2.75) is 18.9 Å². The number of nitrogens with one attached hydrogen (secondary N) is 1. The number of anilines is 1. The van der Waals surface area contributed by atoms with Crippen molar-refractivity contribution in [2.24, 2.45) is 10.7 Å². The van der Waals surface area contributed by atoms with Crippen molar-refractivity contribution < 1.29 is 4.39 Å². The lowest BCUT2D eigenvalue weighted by molar-refractivity contribution is 0.632. The Morgan fingerprint density at radius 3 is 2.79 bits per heavy atom. The zero-order chi connectivity index (χ0) is 9.97. The Hall–Kier alpha value is -1.58. The van der Waals surface area contributed by atoms with Gasteiger partial charge >= 0.3 is 0 Å². The lowest BCUT2D eigenvalue weighted by atomic mass is 10.3. The first-order chi connectivity index (χ1) is 6.75. The van der Waals surface area contributed by atoms with Gasteiger partial charge in [-0.1, -0.05) is 12.1 Å². The van der Waals surface area contributed by atoms with E-state index in [1.54, 1.807) is 18.2 Å². The molecule has 14 heavy (non-hydrogen) atoms. The molecule has 0 bridgehead atoms. The molecule has 1 aromatic carbocycles. The Labute approximate surface area is 81.8 Å². The van der Waals surface area contributed by atoms with Crippen LogP contribution < -0.4 is 11.1 Å². The molecule has 1 aromatic rings. The fourth-order valence-corrected chi connectivity index (χ4v) is 1.13. The van der Waals surface area contributed by atoms with Crippen LogP contribution in [0.5, 0.6) is 0 Å². The summed E-state index contributed by atoms with van der Waals surface area (Å²) in [4.78, 5) is 4.14. The molecule has 2 rings (SSSR count). The summed E-state index contributed by atoms with van der Waals surface area (Å²) in [5.41, 5.74) is 5.96. The average molecular weight is 193 g/mol. The minimum atomic E-state index is -0.318. The molecule has 1 fully saturated rings. The van der Waals surface area contributed by atoms with Gasteiger partial charge in [-0.15, -0.1) is 0 Å². The van der Waals surface area contributed by atoms with Crippen LogP contribution in [0.1, 0.15) is 12.8 Å². The van der Waals surface area contributed by atoms with Crippen LogP contribution in [-0.2, 0) is 0 Å². The Bertz CT molecular complexity index is 358. The van der Waals surface area contributed by atoms with Gasteiger partial charge in [-0.3, -0.25) is 0 Å². The fourth-order valence-electron chi connectivity index (χ4n) is 1.13. The Balaban J connectivity index is 2.06. The zero-order valence-electron chi connectivity index (χ0n) is 7.70. The molecule has 0 aromatic heterocycles. The lowest BCUT2D eigenvalue weighted by Gasteiger charge is -2.05. The highest BCUT2D eigenvalue weighted by Crippen LogP contribution is 2.23. The Morgan fingerprint density at radius 1 is 1.43 bits per heavy atom. The number of rotatable bonds is 2. The van der Waals surface area contributed by atoms with E-state index in [4.69, 9.17) is 5.73 Å². The SMILES string of the molecule is NC(=NC1CC1)Nc1ccccc1F. The average Bonchev–Trinajstić information content (AvgIpc) is 2.93. The van der Waals surface area contributed by atoms with Crippen molar-refractivity contribution in [2.75, 3.05) is 5.32 Å². The highest BCUT2D eigenvalue weighted by molar-refractivity contribution is 5.92. The standard InChI is InChI=1S/C10H12FN3/c11-8-3-1-2-4-9(8)14-10(12)13-7-5-6-7/h1-4,7H,5-6H2,(H3,12,13,14). The molecule has 0 heterocycles. The van der Waals surface area contributed by atoms with Crippen LogP contribution in [0.4, 0.5) is 10.1 Å². The van der Waals surface area contributed by atoms with E-state index in [9.17, 15) is 4.39 Å². The van der Waals surface area contributed by atoms with Gasteiger partial charge in [0.2, 0.25) is 0 Å². The maximum absolute atomic E-state index is 13.1. The van der Waals surface area contributed by atoms with Gasteiger partial charge in [0.25, 0.3) is 0 Å². The van der Waals surface area contributed by atoms with Crippen molar-refractivity contribution in [1.82, 2.24) is 0 Å². The van der Waals surface area contributed by atoms with Crippen molar-refractivity contribution in [3.05, 3.63) is 30.1 Å². The number of para-hydroxylation sites is 1. The van der Waals surface area contributed by atoms with Gasteiger partial charge < -0.3 is 11.1 Å². The maximum Gasteiger partial charge on any atom is 0.193 e. The highest BCUT2D eigenvalue weighted by Gasteiger charge is 2.20. The Morgan fingerprint density at radius 2 is 2.14 bits per heavy atom. The molecule has 1 aliphatic rings. The second kappa shape index (κ2) is 3.65. The molecule has 1 aliphatic carbocycles. The van der Waals surface area contributed by atoms with Crippen molar-refractivity contribution in [3.63, 3.8) is 0 Å². The molecular weight excluding hydrogens is 181 g/mol. The third-order valence-corrected chi connectivity index (χ3v) is 2.01. The molecule has 0 atom stereocenters. The van der Waals surface area contributed by atoms with Crippen molar-refractivity contribution >= 4 is 11.6 Å². The molecule has 1 saturated carbocycles. The van der Waals surface area contributed by atoms with E-state index in [0.29, 0.717) is 11.7 Å². The number of nitrogens with two attached hydrogens (primary N) is 1. The highest BCUT2D eigenvalue weighted by atomic mass is 19.1. The molecule has 0 saturated heterocycles. The molecule has 0 spiro atoms. The number of halogens is 1. The number of aliphatic imine (C=N–C) groups is 1. The molecule has 74 valence electrons. The van der Waals surface area contributed by atoms with Crippen LogP contribution in [0.25, 0.3) is 0 Å². The molecule has 0 radical (unpaired) electrons. The van der Waals surface area contributed by atoms with E-state index in [-0.39, 0.29) is 11.8 Å². The molecule has 4 heteroatoms. The summed E-state index contributed by atoms with van der Waals surface area (Å²) in [6, 6.07) is 6.73. The van der Waals surface area contributed by atoms with E-state index in [0.717, 1.165) is 12.8 Å². The van der Waals surface area contributed by atoms with E-state index in [1.807, 2.05) is 0 Å². The summed E-state index contributed by atoms with van der Waals surface area (Å²) < 4.78 is 13.1. The summed E-state index contributed by atoms with van der Waals surface area (Å²) >= 11 is 0. The van der Waals surface area contributed by atoms with Crippen LogP contribution in [0.3, 0.4) is 0 Å². The van der Waals surface area contributed by atoms with Gasteiger partial charge in [-0.2, -0.15) is 0 Å². The van der Waals surface area contributed by atoms with Gasteiger partial charge in [-0.05, 0) is 25.0 Å². The van der Waals surface area contributed by atoms with E-state index < -0.39 is 0 Å². The van der Waals surface area contributed by atoms with Gasteiger partial charge in [0.1, 0.15) is 5.82 Å². The second-order valence-electron chi connectivity index (χ2n) is 3.35. The van der Waals surface area contributed by atoms with Gasteiger partial charge in [0, 0.05) is 0 Å². The summed E-state index contributed by atoms with van der Waals surface area (Å²) in [6.07, 6.45) is 2.17. The summed E-state index contributed by atoms with van der Waals surface area (Å²) in [5, 5.41) is 2.73. The summed E-state index contributed by atoms with van der Waals surface area (Å²) in [5.74, 6) is -0.0287. The smallest absolute Gasteiger partial charge is 0.193 e. The molecule has 3 nitrogen and oxygen atoms in total. The second-order valence-corrected chi connectivity index (χ2v) is 3.35. The van der Waals surface area contributed by atoms with Crippen LogP contribution >= 0.6 is 0 Å². The van der Waals surface area contributed by atoms with E-state index in [1.165, 1.54) is 6.07 Å². The van der Waals surface area contributed by atoms with Gasteiger partial charge in [-0.25, -0.2) is 9.38 Å². The van der Waals surface area contributed by atoms with Crippen LogP contribution in [0.15, 0.2) is 29.3 Å². The first-order valence-corrected chi connectivity index (χ1v) is 4.60. The Kier molecular flexibility index (Phi) is 2.35. The first kappa shape index (κ1) is 8.99. The molecule has 0 amide bonds. The largest absolute Gasteiger partial charge is 0.370 e. The maximum atomic E-state index is 13.1. The monoisotopic (exact) mass is 193 g/mol. The van der Waals surface area contributed by atoms with Crippen molar-refractivity contribution in [1.29, 1.82) is 0 Å². The third kappa shape index (κ3) is 2.22. The summed E-state index contributed by atoms with van der Waals surface area (Å²) in [6.45, 7) is 0. The first-order valence-electron chi connectivity index (χ1n) is 4.60. The molecule has 0 unspecified atom stereocenters. The van der Waals surface area contributed by atoms with E-state index in [2.05, 4.69) is 10.3 Å². The normalized spacial score (nSPS) is 16.8. The lowest BCUT2D eigenvalue weighted by Crippen LogP contribution is -2.23. The third-order valence-electron chi connectivity index (χ3n) is 2.01. The minimum absolute atomic E-state index is 0.289. The summed E-state index contributed by atoms with van der Waals surface area (Å²) in [7, 11) is 0. The predicted octanol–water partition coefficient (Wildman–Crippen LogP) is 1.71. The zero-order valence-corrected chi connectivity index (χ0v) is 7.70. The number of hydrogen-bond donors (Lipinski definition) is 2. The topological polar surface area (TPSA) is 50.4 Å². The molecule has 0 aliphatic heterocycles. The minimum Gasteiger partial charge on any atom is -0.370 e. The molecular formula is C10H12FN3. The number of hydrogen-bond acceptors (Lipinski definition) is 1. The number of benzene rings is 1. The van der Waals surface area contributed by atoms with Crippen molar-refractivity contribution in [3.8, 4) is 0 Å². The van der Waals surface area contributed by atoms with Gasteiger partial charge in [0.05, 0.1) is 11.7 Å². The van der Waals surface area contributed by atoms with Crippen LogP contribution in [-0.4, -0.2) is 12.0 Å². The number of guanidine groups is 1. The van der Waals surface area contributed by atoms with Crippen LogP contribution in [0, 0.1) is 5.82 Å². The van der Waals surface area contributed by atoms with Crippen LogP contribution in [0.2, 0.25) is 0 Å².